The normalized spacial score (nSPS) is 15.3. The summed E-state index contributed by atoms with van der Waals surface area (Å²) < 4.78 is 41.0. The molecular weight excluding hydrogens is 441 g/mol. The lowest BCUT2D eigenvalue weighted by Gasteiger charge is -2.23. The number of amides is 1. The zero-order chi connectivity index (χ0) is 21.8. The molecule has 1 aliphatic heterocycles. The largest absolute Gasteiger partial charge is 0.434 e. The van der Waals surface area contributed by atoms with Gasteiger partial charge in [-0.3, -0.25) is 9.78 Å². The zero-order valence-corrected chi connectivity index (χ0v) is 18.2. The van der Waals surface area contributed by atoms with Gasteiger partial charge in [0.05, 0.1) is 11.1 Å². The van der Waals surface area contributed by atoms with E-state index in [4.69, 9.17) is 0 Å². The monoisotopic (exact) mass is 464 g/mol. The van der Waals surface area contributed by atoms with Crippen molar-refractivity contribution in [1.82, 2.24) is 19.8 Å². The lowest BCUT2D eigenvalue weighted by molar-refractivity contribution is -0.141. The minimum absolute atomic E-state index is 0. The van der Waals surface area contributed by atoms with Crippen molar-refractivity contribution in [3.05, 3.63) is 71.7 Å². The van der Waals surface area contributed by atoms with Crippen molar-refractivity contribution in [3.8, 4) is 0 Å². The van der Waals surface area contributed by atoms with E-state index in [2.05, 4.69) is 27.0 Å². The van der Waals surface area contributed by atoms with Crippen molar-refractivity contribution >= 4 is 29.2 Å². The minimum Gasteiger partial charge on any atom is -0.337 e. The number of carbonyl (C=O) groups is 1. The van der Waals surface area contributed by atoms with Gasteiger partial charge in [-0.15, -0.1) is 12.4 Å². The van der Waals surface area contributed by atoms with Gasteiger partial charge in [0.2, 0.25) is 0 Å². The Morgan fingerprint density at radius 2 is 1.81 bits per heavy atom. The van der Waals surface area contributed by atoms with Gasteiger partial charge in [-0.05, 0) is 37.1 Å². The number of aromatic nitrogens is 2. The number of hydrogen-bond acceptors (Lipinski definition) is 4. The average molecular weight is 465 g/mol. The molecule has 1 fully saturated rings. The summed E-state index contributed by atoms with van der Waals surface area (Å²) in [6, 6.07) is 12.8. The second-order valence-electron chi connectivity index (χ2n) is 7.67. The summed E-state index contributed by atoms with van der Waals surface area (Å²) in [7, 11) is 0. The molecule has 1 saturated heterocycles. The molecule has 1 amide bonds. The van der Waals surface area contributed by atoms with Crippen molar-refractivity contribution in [2.24, 2.45) is 0 Å². The van der Waals surface area contributed by atoms with Crippen LogP contribution in [0, 0.1) is 0 Å². The number of benzene rings is 1. The average Bonchev–Trinajstić information content (AvgIpc) is 3.02. The molecule has 0 atom stereocenters. The van der Waals surface area contributed by atoms with Gasteiger partial charge in [0.1, 0.15) is 0 Å². The summed E-state index contributed by atoms with van der Waals surface area (Å²) in [6.07, 6.45) is -0.294. The van der Waals surface area contributed by atoms with Crippen LogP contribution >= 0.6 is 12.4 Å². The van der Waals surface area contributed by atoms with Gasteiger partial charge in [-0.1, -0.05) is 30.3 Å². The number of fused-ring (bicyclic) bond motifs is 1. The SMILES string of the molecule is Cl.O=C(c1cc2cnccc2nc1C(F)(F)F)N1CCCN(CCc2ccccc2)CC1. The smallest absolute Gasteiger partial charge is 0.337 e. The van der Waals surface area contributed by atoms with Crippen LogP contribution < -0.4 is 0 Å². The van der Waals surface area contributed by atoms with Crippen LogP contribution in [0.25, 0.3) is 10.9 Å². The Balaban J connectivity index is 0.00000289. The summed E-state index contributed by atoms with van der Waals surface area (Å²) in [5.74, 6) is -0.629. The predicted octanol–water partition coefficient (Wildman–Crippen LogP) is 4.46. The molecule has 0 saturated carbocycles. The van der Waals surface area contributed by atoms with Gasteiger partial charge in [0, 0.05) is 44.0 Å². The molecule has 3 heterocycles. The molecule has 1 aliphatic rings. The quantitative estimate of drug-likeness (QED) is 0.572. The number of carbonyl (C=O) groups excluding carboxylic acids is 1. The van der Waals surface area contributed by atoms with Crippen molar-refractivity contribution in [1.29, 1.82) is 0 Å². The first-order valence-electron chi connectivity index (χ1n) is 10.3. The Labute approximate surface area is 190 Å². The number of nitrogens with zero attached hydrogens (tertiary/aromatic N) is 4. The Hall–Kier alpha value is -2.71. The Kier molecular flexibility index (Phi) is 7.69. The van der Waals surface area contributed by atoms with Gasteiger partial charge in [0.15, 0.2) is 5.69 Å². The lowest BCUT2D eigenvalue weighted by atomic mass is 10.1. The van der Waals surface area contributed by atoms with Crippen LogP contribution in [0.15, 0.2) is 54.9 Å². The molecule has 0 bridgehead atoms. The predicted molar refractivity (Wildman–Crippen MR) is 119 cm³/mol. The van der Waals surface area contributed by atoms with Crippen molar-refractivity contribution in [2.75, 3.05) is 32.7 Å². The fraction of sp³-hybridized carbons (Fsp3) is 0.348. The molecule has 170 valence electrons. The van der Waals surface area contributed by atoms with Crippen LogP contribution in [-0.4, -0.2) is 58.4 Å². The fourth-order valence-corrected chi connectivity index (χ4v) is 3.90. The van der Waals surface area contributed by atoms with E-state index in [1.54, 1.807) is 0 Å². The molecule has 0 unspecified atom stereocenters. The molecule has 0 aliphatic carbocycles. The molecule has 3 aromatic rings. The van der Waals surface area contributed by atoms with Gasteiger partial charge >= 0.3 is 6.18 Å². The van der Waals surface area contributed by atoms with Crippen molar-refractivity contribution in [2.45, 2.75) is 19.0 Å². The van der Waals surface area contributed by atoms with E-state index in [0.717, 1.165) is 19.5 Å². The third-order valence-electron chi connectivity index (χ3n) is 5.55. The minimum atomic E-state index is -4.71. The van der Waals surface area contributed by atoms with Crippen molar-refractivity contribution < 1.29 is 18.0 Å². The first-order valence-corrected chi connectivity index (χ1v) is 10.3. The maximum Gasteiger partial charge on any atom is 0.434 e. The van der Waals surface area contributed by atoms with E-state index in [1.807, 2.05) is 18.2 Å². The summed E-state index contributed by atoms with van der Waals surface area (Å²) in [6.45, 7) is 3.09. The highest BCUT2D eigenvalue weighted by atomic mass is 35.5. The molecule has 9 heteroatoms. The zero-order valence-electron chi connectivity index (χ0n) is 17.4. The summed E-state index contributed by atoms with van der Waals surface area (Å²) in [5, 5.41) is 0.415. The Bertz CT molecular complexity index is 1060. The summed E-state index contributed by atoms with van der Waals surface area (Å²) >= 11 is 0. The maximum atomic E-state index is 13.7. The standard InChI is InChI=1S/C23H23F3N4O.ClH/c24-23(25,26)21-19(15-18-16-27-9-7-20(18)28-21)22(31)30-11-4-10-29(13-14-30)12-8-17-5-2-1-3-6-17;/h1-3,5-7,9,15-16H,4,8,10-14H2;1H. The molecular formula is C23H24ClF3N4O. The van der Waals surface area contributed by atoms with Gasteiger partial charge in [-0.25, -0.2) is 4.98 Å². The van der Waals surface area contributed by atoms with Crippen LogP contribution in [0.1, 0.15) is 28.0 Å². The Morgan fingerprint density at radius 3 is 2.56 bits per heavy atom. The highest BCUT2D eigenvalue weighted by Crippen LogP contribution is 2.33. The van der Waals surface area contributed by atoms with Gasteiger partial charge in [0.25, 0.3) is 5.91 Å². The number of halogens is 4. The van der Waals surface area contributed by atoms with Crippen LogP contribution in [0.4, 0.5) is 13.2 Å². The van der Waals surface area contributed by atoms with Crippen LogP contribution in [0.3, 0.4) is 0 Å². The number of pyridine rings is 2. The van der Waals surface area contributed by atoms with Crippen LogP contribution in [0.5, 0.6) is 0 Å². The molecule has 5 nitrogen and oxygen atoms in total. The molecule has 4 rings (SSSR count). The third-order valence-corrected chi connectivity index (χ3v) is 5.55. The summed E-state index contributed by atoms with van der Waals surface area (Å²) in [5.41, 5.74) is -0.140. The number of hydrogen-bond donors (Lipinski definition) is 0. The molecule has 0 N–H and O–H groups in total. The van der Waals surface area contributed by atoms with E-state index in [1.165, 1.54) is 35.0 Å². The number of alkyl halides is 3. The van der Waals surface area contributed by atoms with E-state index in [-0.39, 0.29) is 17.9 Å². The highest BCUT2D eigenvalue weighted by molar-refractivity contribution is 5.98. The topological polar surface area (TPSA) is 49.3 Å². The molecule has 1 aromatic carbocycles. The van der Waals surface area contributed by atoms with Gasteiger partial charge in [-0.2, -0.15) is 13.2 Å². The maximum absolute atomic E-state index is 13.7. The molecule has 32 heavy (non-hydrogen) atoms. The third kappa shape index (κ3) is 5.55. The lowest BCUT2D eigenvalue weighted by Crippen LogP contribution is -2.36. The van der Waals surface area contributed by atoms with Crippen LogP contribution in [0.2, 0.25) is 0 Å². The first kappa shape index (κ1) is 23.9. The Morgan fingerprint density at radius 1 is 1.03 bits per heavy atom. The van der Waals surface area contributed by atoms with Crippen LogP contribution in [-0.2, 0) is 12.6 Å². The van der Waals surface area contributed by atoms with Crippen molar-refractivity contribution in [3.63, 3.8) is 0 Å². The molecule has 2 aromatic heterocycles. The van der Waals surface area contributed by atoms with E-state index < -0.39 is 23.3 Å². The summed E-state index contributed by atoms with van der Waals surface area (Å²) in [4.78, 5) is 24.5. The number of rotatable bonds is 4. The van der Waals surface area contributed by atoms with E-state index in [0.29, 0.717) is 31.4 Å². The second-order valence-corrected chi connectivity index (χ2v) is 7.67. The van der Waals surface area contributed by atoms with E-state index >= 15 is 0 Å². The van der Waals surface area contributed by atoms with Gasteiger partial charge < -0.3 is 9.80 Å². The second kappa shape index (κ2) is 10.3. The first-order chi connectivity index (χ1) is 14.9. The fourth-order valence-electron chi connectivity index (χ4n) is 3.90. The highest BCUT2D eigenvalue weighted by Gasteiger charge is 2.38. The van der Waals surface area contributed by atoms with E-state index in [9.17, 15) is 18.0 Å². The molecule has 0 radical (unpaired) electrons. The molecule has 0 spiro atoms.